The minimum absolute atomic E-state index is 0.117. The van der Waals surface area contributed by atoms with Crippen LogP contribution in [0.15, 0.2) is 33.3 Å². The average molecular weight is 244 g/mol. The van der Waals surface area contributed by atoms with E-state index < -0.39 is 17.0 Å². The highest BCUT2D eigenvalue weighted by atomic mass is 35.5. The van der Waals surface area contributed by atoms with Crippen LogP contribution < -0.4 is 16.4 Å². The second kappa shape index (κ2) is 5.32. The fraction of sp³-hybridized carbons (Fsp3) is 0.222. The molecule has 0 bridgehead atoms. The van der Waals surface area contributed by atoms with E-state index >= 15 is 0 Å². The van der Waals surface area contributed by atoms with Crippen molar-refractivity contribution >= 4 is 17.5 Å². The van der Waals surface area contributed by atoms with Gasteiger partial charge in [-0.05, 0) is 0 Å². The van der Waals surface area contributed by atoms with Crippen molar-refractivity contribution in [2.75, 3.05) is 6.54 Å². The molecule has 0 saturated carbocycles. The summed E-state index contributed by atoms with van der Waals surface area (Å²) < 4.78 is 0.911. The average Bonchev–Trinajstić information content (AvgIpc) is 2.20. The molecule has 0 atom stereocenters. The van der Waals surface area contributed by atoms with Crippen molar-refractivity contribution in [3.05, 3.63) is 44.5 Å². The minimum Gasteiger partial charge on any atom is -0.350 e. The second-order valence-electron chi connectivity index (χ2n) is 3.03. The van der Waals surface area contributed by atoms with Gasteiger partial charge in [-0.2, -0.15) is 0 Å². The molecule has 6 nitrogen and oxygen atoms in total. The molecule has 7 heteroatoms. The first-order valence-electron chi connectivity index (χ1n) is 4.39. The Labute approximate surface area is 95.5 Å². The summed E-state index contributed by atoms with van der Waals surface area (Å²) in [5.74, 6) is -0.439. The maximum absolute atomic E-state index is 11.3. The van der Waals surface area contributed by atoms with Crippen LogP contribution in [-0.2, 0) is 11.3 Å². The smallest absolute Gasteiger partial charge is 0.265 e. The molecule has 86 valence electrons. The Morgan fingerprint density at radius 3 is 2.81 bits per heavy atom. The van der Waals surface area contributed by atoms with E-state index in [1.807, 2.05) is 0 Å². The van der Waals surface area contributed by atoms with Crippen molar-refractivity contribution in [1.82, 2.24) is 15.1 Å². The molecule has 0 fully saturated rings. The molecule has 0 saturated heterocycles. The molecular formula is C9H10ClN3O3. The number of H-pyrrole nitrogens is 1. The van der Waals surface area contributed by atoms with E-state index in [4.69, 9.17) is 11.6 Å². The second-order valence-corrected chi connectivity index (χ2v) is 3.56. The first kappa shape index (κ1) is 12.3. The Hall–Kier alpha value is -1.82. The number of nitrogens with zero attached hydrogens (tertiary/aromatic N) is 1. The lowest BCUT2D eigenvalue weighted by molar-refractivity contribution is -0.121. The lowest BCUT2D eigenvalue weighted by atomic mass is 10.5. The number of rotatable bonds is 4. The molecule has 0 aliphatic rings. The lowest BCUT2D eigenvalue weighted by Gasteiger charge is -2.05. The molecule has 1 rings (SSSR count). The van der Waals surface area contributed by atoms with Gasteiger partial charge < -0.3 is 5.32 Å². The third-order valence-corrected chi connectivity index (χ3v) is 1.80. The molecule has 0 unspecified atom stereocenters. The topological polar surface area (TPSA) is 84.0 Å². The summed E-state index contributed by atoms with van der Waals surface area (Å²) in [4.78, 5) is 33.4. The third kappa shape index (κ3) is 3.74. The zero-order chi connectivity index (χ0) is 12.1. The highest BCUT2D eigenvalue weighted by Gasteiger charge is 2.04. The zero-order valence-electron chi connectivity index (χ0n) is 8.33. The molecule has 16 heavy (non-hydrogen) atoms. The molecule has 0 spiro atoms. The molecule has 0 aromatic carbocycles. The van der Waals surface area contributed by atoms with Gasteiger partial charge in [-0.1, -0.05) is 18.2 Å². The normalized spacial score (nSPS) is 9.81. The van der Waals surface area contributed by atoms with Gasteiger partial charge in [0.05, 0.1) is 6.54 Å². The lowest BCUT2D eigenvalue weighted by Crippen LogP contribution is -2.36. The van der Waals surface area contributed by atoms with Crippen molar-refractivity contribution in [3.8, 4) is 0 Å². The van der Waals surface area contributed by atoms with E-state index in [0.29, 0.717) is 0 Å². The van der Waals surface area contributed by atoms with Crippen molar-refractivity contribution in [2.24, 2.45) is 0 Å². The molecule has 1 amide bonds. The fourth-order valence-corrected chi connectivity index (χ4v) is 1.04. The van der Waals surface area contributed by atoms with Crippen molar-refractivity contribution in [3.63, 3.8) is 0 Å². The Morgan fingerprint density at radius 1 is 1.50 bits per heavy atom. The van der Waals surface area contributed by atoms with Crippen molar-refractivity contribution in [2.45, 2.75) is 6.54 Å². The van der Waals surface area contributed by atoms with E-state index in [-0.39, 0.29) is 18.1 Å². The highest BCUT2D eigenvalue weighted by molar-refractivity contribution is 6.29. The number of carbonyl (C=O) groups excluding carboxylic acids is 1. The number of halogens is 1. The maximum Gasteiger partial charge on any atom is 0.265 e. The summed E-state index contributed by atoms with van der Waals surface area (Å²) in [7, 11) is 0. The summed E-state index contributed by atoms with van der Waals surface area (Å²) in [6.45, 7) is 3.24. The fourth-order valence-electron chi connectivity index (χ4n) is 0.974. The van der Waals surface area contributed by atoms with Gasteiger partial charge in [-0.15, -0.1) is 0 Å². The first-order valence-corrected chi connectivity index (χ1v) is 4.77. The van der Waals surface area contributed by atoms with Crippen molar-refractivity contribution < 1.29 is 4.79 Å². The summed E-state index contributed by atoms with van der Waals surface area (Å²) in [5.41, 5.74) is -0.909. The number of amides is 1. The van der Waals surface area contributed by atoms with Crippen LogP contribution in [0, 0.1) is 0 Å². The molecule has 1 aromatic heterocycles. The van der Waals surface area contributed by atoms with Gasteiger partial charge in [0, 0.05) is 17.2 Å². The minimum atomic E-state index is -0.459. The monoisotopic (exact) mass is 243 g/mol. The zero-order valence-corrected chi connectivity index (χ0v) is 9.08. The molecule has 0 aliphatic carbocycles. The van der Waals surface area contributed by atoms with Crippen LogP contribution in [0.25, 0.3) is 0 Å². The number of hydrogen-bond donors (Lipinski definition) is 2. The molecule has 1 heterocycles. The van der Waals surface area contributed by atoms with Crippen LogP contribution in [0.3, 0.4) is 0 Å². The Balaban J connectivity index is 2.70. The van der Waals surface area contributed by atoms with E-state index in [0.717, 1.165) is 16.8 Å². The van der Waals surface area contributed by atoms with E-state index in [2.05, 4.69) is 17.0 Å². The van der Waals surface area contributed by atoms with Gasteiger partial charge in [0.15, 0.2) is 0 Å². The van der Waals surface area contributed by atoms with Gasteiger partial charge in [0.1, 0.15) is 6.54 Å². The molecular weight excluding hydrogens is 234 g/mol. The molecule has 1 aromatic rings. The summed E-state index contributed by atoms with van der Waals surface area (Å²) in [6.07, 6.45) is 0. The van der Waals surface area contributed by atoms with Crippen LogP contribution in [0.2, 0.25) is 0 Å². The third-order valence-electron chi connectivity index (χ3n) is 1.67. The Morgan fingerprint density at radius 2 is 2.19 bits per heavy atom. The van der Waals surface area contributed by atoms with Crippen LogP contribution in [-0.4, -0.2) is 22.2 Å². The largest absolute Gasteiger partial charge is 0.350 e. The van der Waals surface area contributed by atoms with Gasteiger partial charge >= 0.3 is 0 Å². The van der Waals surface area contributed by atoms with Crippen LogP contribution in [0.4, 0.5) is 0 Å². The number of carbonyl (C=O) groups is 1. The molecule has 0 aliphatic heterocycles. The van der Waals surface area contributed by atoms with E-state index in [9.17, 15) is 14.4 Å². The number of hydrogen-bond acceptors (Lipinski definition) is 3. The van der Waals surface area contributed by atoms with E-state index in [1.165, 1.54) is 0 Å². The van der Waals surface area contributed by atoms with E-state index in [1.54, 1.807) is 0 Å². The van der Waals surface area contributed by atoms with Crippen molar-refractivity contribution in [1.29, 1.82) is 0 Å². The predicted molar refractivity (Wildman–Crippen MR) is 59.3 cm³/mol. The first-order chi connectivity index (χ1) is 7.49. The molecule has 2 N–H and O–H groups in total. The van der Waals surface area contributed by atoms with Crippen LogP contribution in [0.5, 0.6) is 0 Å². The number of aromatic amines is 1. The summed E-state index contributed by atoms with van der Waals surface area (Å²) in [5, 5.41) is 4.93. The van der Waals surface area contributed by atoms with Gasteiger partial charge in [0.25, 0.3) is 11.1 Å². The van der Waals surface area contributed by atoms with Crippen LogP contribution in [0.1, 0.15) is 0 Å². The summed E-state index contributed by atoms with van der Waals surface area (Å²) >= 11 is 5.45. The van der Waals surface area contributed by atoms with Gasteiger partial charge in [-0.3, -0.25) is 19.5 Å². The number of aromatic nitrogens is 2. The Bertz CT molecular complexity index is 517. The maximum atomic E-state index is 11.3. The highest BCUT2D eigenvalue weighted by Crippen LogP contribution is 1.91. The SMILES string of the molecule is C=C(Cl)CNC(=O)Cn1[nH]c(=O)ccc1=O. The number of nitrogens with one attached hydrogen (secondary N) is 2. The quantitative estimate of drug-likeness (QED) is 0.741. The summed E-state index contributed by atoms with van der Waals surface area (Å²) in [6, 6.07) is 2.18. The van der Waals surface area contributed by atoms with Gasteiger partial charge in [-0.25, -0.2) is 4.68 Å². The Kier molecular flexibility index (Phi) is 4.07. The molecule has 0 radical (unpaired) electrons. The standard InChI is InChI=1S/C9H10ClN3O3/c1-6(10)4-11-8(15)5-13-9(16)3-2-7(14)12-13/h2-3H,1,4-5H2,(H,11,15)(H,12,14). The van der Waals surface area contributed by atoms with Crippen LogP contribution >= 0.6 is 11.6 Å². The van der Waals surface area contributed by atoms with Gasteiger partial charge in [0.2, 0.25) is 5.91 Å². The predicted octanol–water partition coefficient (Wildman–Crippen LogP) is -0.595.